The van der Waals surface area contributed by atoms with Gasteiger partial charge < -0.3 is 19.9 Å². The lowest BCUT2D eigenvalue weighted by atomic mass is 10.1. The highest BCUT2D eigenvalue weighted by atomic mass is 16.5. The molecule has 0 aliphatic rings. The Balaban J connectivity index is 1.84. The third-order valence-electron chi connectivity index (χ3n) is 4.38. The van der Waals surface area contributed by atoms with E-state index in [0.29, 0.717) is 29.2 Å². The first kappa shape index (κ1) is 21.1. The van der Waals surface area contributed by atoms with Crippen molar-refractivity contribution in [3.8, 4) is 5.75 Å². The highest BCUT2D eigenvalue weighted by Gasteiger charge is 2.26. The van der Waals surface area contributed by atoms with Crippen LogP contribution in [0.3, 0.4) is 0 Å². The zero-order valence-corrected chi connectivity index (χ0v) is 16.6. The topological polar surface area (TPSA) is 84.9 Å². The van der Waals surface area contributed by atoms with Crippen molar-refractivity contribution in [2.24, 2.45) is 0 Å². The van der Waals surface area contributed by atoms with Crippen molar-refractivity contribution in [1.82, 2.24) is 0 Å². The van der Waals surface area contributed by atoms with E-state index in [4.69, 9.17) is 14.6 Å². The van der Waals surface area contributed by atoms with E-state index in [9.17, 15) is 9.59 Å². The van der Waals surface area contributed by atoms with Crippen LogP contribution in [-0.2, 0) is 16.1 Å². The number of carbonyl (C=O) groups excluding carboxylic acids is 2. The molecule has 154 valence electrons. The van der Waals surface area contributed by atoms with Crippen molar-refractivity contribution in [3.63, 3.8) is 0 Å². The highest BCUT2D eigenvalue weighted by molar-refractivity contribution is 5.99. The van der Waals surface area contributed by atoms with Crippen LogP contribution < -0.4 is 10.1 Å². The Bertz CT molecular complexity index is 986. The number of anilines is 1. The average Bonchev–Trinajstić information content (AvgIpc) is 2.79. The summed E-state index contributed by atoms with van der Waals surface area (Å²) in [6, 6.07) is 22.2. The van der Waals surface area contributed by atoms with E-state index in [2.05, 4.69) is 5.32 Å². The van der Waals surface area contributed by atoms with Crippen LogP contribution >= 0.6 is 0 Å². The first-order valence-electron chi connectivity index (χ1n) is 9.60. The predicted octanol–water partition coefficient (Wildman–Crippen LogP) is 4.11. The van der Waals surface area contributed by atoms with Crippen LogP contribution in [0.5, 0.6) is 5.75 Å². The molecule has 0 bridgehead atoms. The summed E-state index contributed by atoms with van der Waals surface area (Å²) >= 11 is 0. The number of amides is 1. The van der Waals surface area contributed by atoms with Crippen LogP contribution in [0.4, 0.5) is 5.69 Å². The number of hydrogen-bond acceptors (Lipinski definition) is 5. The normalized spacial score (nSPS) is 11.4. The molecule has 6 nitrogen and oxygen atoms in total. The lowest BCUT2D eigenvalue weighted by Crippen LogP contribution is -2.26. The molecule has 0 heterocycles. The Kier molecular flexibility index (Phi) is 7.19. The summed E-state index contributed by atoms with van der Waals surface area (Å²) in [6.07, 6.45) is -1.15. The summed E-state index contributed by atoms with van der Waals surface area (Å²) in [5.41, 5.74) is 2.00. The maximum Gasteiger partial charge on any atom is 0.339 e. The molecule has 30 heavy (non-hydrogen) atoms. The Morgan fingerprint density at radius 1 is 0.933 bits per heavy atom. The van der Waals surface area contributed by atoms with Crippen molar-refractivity contribution in [3.05, 3.63) is 95.6 Å². The molecule has 0 aliphatic carbocycles. The van der Waals surface area contributed by atoms with Crippen LogP contribution in [0.2, 0.25) is 0 Å². The number of aliphatic hydroxyl groups is 1. The number of esters is 1. The van der Waals surface area contributed by atoms with E-state index < -0.39 is 18.0 Å². The summed E-state index contributed by atoms with van der Waals surface area (Å²) in [4.78, 5) is 25.7. The molecule has 1 amide bonds. The van der Waals surface area contributed by atoms with Crippen LogP contribution in [0, 0.1) is 0 Å². The maximum absolute atomic E-state index is 13.1. The second-order valence-electron chi connectivity index (χ2n) is 6.47. The monoisotopic (exact) mass is 405 g/mol. The molecule has 0 aromatic heterocycles. The molecule has 2 N–H and O–H groups in total. The molecule has 3 rings (SSSR count). The Morgan fingerprint density at radius 3 is 2.27 bits per heavy atom. The van der Waals surface area contributed by atoms with Gasteiger partial charge in [0.05, 0.1) is 24.5 Å². The number of ether oxygens (including phenoxy) is 2. The largest absolute Gasteiger partial charge is 0.492 e. The molecule has 3 aromatic carbocycles. The number of para-hydroxylation sites is 2. The Labute approximate surface area is 175 Å². The highest BCUT2D eigenvalue weighted by Crippen LogP contribution is 2.27. The summed E-state index contributed by atoms with van der Waals surface area (Å²) in [5.74, 6) is -0.596. The molecule has 0 radical (unpaired) electrons. The van der Waals surface area contributed by atoms with Gasteiger partial charge in [0, 0.05) is 5.56 Å². The number of nitrogens with one attached hydrogen (secondary N) is 1. The molecular formula is C24H23NO5. The van der Waals surface area contributed by atoms with Gasteiger partial charge >= 0.3 is 5.97 Å². The molecular weight excluding hydrogens is 382 g/mol. The van der Waals surface area contributed by atoms with Crippen molar-refractivity contribution >= 4 is 17.6 Å². The molecule has 0 saturated heterocycles. The fourth-order valence-corrected chi connectivity index (χ4v) is 2.87. The third kappa shape index (κ3) is 5.24. The first-order valence-corrected chi connectivity index (χ1v) is 9.60. The maximum atomic E-state index is 13.1. The minimum atomic E-state index is -1.15. The lowest BCUT2D eigenvalue weighted by molar-refractivity contribution is -0.125. The molecule has 3 aromatic rings. The summed E-state index contributed by atoms with van der Waals surface area (Å²) in [5, 5.41) is 12.0. The average molecular weight is 405 g/mol. The van der Waals surface area contributed by atoms with Gasteiger partial charge in [0.15, 0.2) is 0 Å². The van der Waals surface area contributed by atoms with Gasteiger partial charge in [0.1, 0.15) is 5.75 Å². The second-order valence-corrected chi connectivity index (χ2v) is 6.47. The Hall–Kier alpha value is -3.64. The van der Waals surface area contributed by atoms with Crippen molar-refractivity contribution < 1.29 is 24.2 Å². The standard InChI is InChI=1S/C24H23NO5/c1-2-29-21-11-7-6-10-20(21)25-23(27)22(18-8-4-3-5-9-18)30-24(28)19-14-12-17(16-26)13-15-19/h3-15,22,26H,2,16H2,1H3,(H,25,27). The predicted molar refractivity (Wildman–Crippen MR) is 113 cm³/mol. The number of benzene rings is 3. The number of hydrogen-bond donors (Lipinski definition) is 2. The van der Waals surface area contributed by atoms with Gasteiger partial charge in [-0.3, -0.25) is 4.79 Å². The fourth-order valence-electron chi connectivity index (χ4n) is 2.87. The van der Waals surface area contributed by atoms with Gasteiger partial charge in [-0.1, -0.05) is 54.6 Å². The zero-order valence-electron chi connectivity index (χ0n) is 16.6. The van der Waals surface area contributed by atoms with Gasteiger partial charge in [-0.2, -0.15) is 0 Å². The van der Waals surface area contributed by atoms with E-state index in [1.807, 2.05) is 19.1 Å². The van der Waals surface area contributed by atoms with Gasteiger partial charge in [-0.15, -0.1) is 0 Å². The number of rotatable bonds is 8. The molecule has 1 atom stereocenters. The SMILES string of the molecule is CCOc1ccccc1NC(=O)C(OC(=O)c1ccc(CO)cc1)c1ccccc1. The summed E-state index contributed by atoms with van der Waals surface area (Å²) in [6.45, 7) is 2.19. The van der Waals surface area contributed by atoms with Crippen LogP contribution in [0.25, 0.3) is 0 Å². The summed E-state index contributed by atoms with van der Waals surface area (Å²) in [7, 11) is 0. The number of carbonyl (C=O) groups is 2. The van der Waals surface area contributed by atoms with Crippen LogP contribution in [0.1, 0.15) is 34.5 Å². The third-order valence-corrected chi connectivity index (χ3v) is 4.38. The van der Waals surface area contributed by atoms with Crippen LogP contribution in [0.15, 0.2) is 78.9 Å². The quantitative estimate of drug-likeness (QED) is 0.551. The minimum absolute atomic E-state index is 0.121. The van der Waals surface area contributed by atoms with Crippen molar-refractivity contribution in [2.75, 3.05) is 11.9 Å². The van der Waals surface area contributed by atoms with Gasteiger partial charge in [-0.05, 0) is 36.8 Å². The lowest BCUT2D eigenvalue weighted by Gasteiger charge is -2.19. The van der Waals surface area contributed by atoms with E-state index in [1.54, 1.807) is 66.7 Å². The fraction of sp³-hybridized carbons (Fsp3) is 0.167. The van der Waals surface area contributed by atoms with Gasteiger partial charge in [0.2, 0.25) is 6.10 Å². The number of aliphatic hydroxyl groups excluding tert-OH is 1. The molecule has 6 heteroatoms. The summed E-state index contributed by atoms with van der Waals surface area (Å²) < 4.78 is 11.1. The smallest absolute Gasteiger partial charge is 0.339 e. The Morgan fingerprint density at radius 2 is 1.60 bits per heavy atom. The van der Waals surface area contributed by atoms with E-state index >= 15 is 0 Å². The second kappa shape index (κ2) is 10.2. The molecule has 0 saturated carbocycles. The van der Waals surface area contributed by atoms with E-state index in [1.165, 1.54) is 0 Å². The first-order chi connectivity index (χ1) is 14.6. The molecule has 0 fully saturated rings. The molecule has 0 spiro atoms. The molecule has 1 unspecified atom stereocenters. The van der Waals surface area contributed by atoms with Gasteiger partial charge in [-0.25, -0.2) is 4.79 Å². The molecule has 0 aliphatic heterocycles. The zero-order chi connectivity index (χ0) is 21.3. The van der Waals surface area contributed by atoms with E-state index in [0.717, 1.165) is 0 Å². The minimum Gasteiger partial charge on any atom is -0.492 e. The van der Waals surface area contributed by atoms with Crippen LogP contribution in [-0.4, -0.2) is 23.6 Å². The van der Waals surface area contributed by atoms with E-state index in [-0.39, 0.29) is 12.2 Å². The van der Waals surface area contributed by atoms with Gasteiger partial charge in [0.25, 0.3) is 5.91 Å². The van der Waals surface area contributed by atoms with Crippen molar-refractivity contribution in [1.29, 1.82) is 0 Å². The van der Waals surface area contributed by atoms with Crippen molar-refractivity contribution in [2.45, 2.75) is 19.6 Å².